The van der Waals surface area contributed by atoms with Crippen LogP contribution in [0.1, 0.15) is 39.7 Å². The van der Waals surface area contributed by atoms with Gasteiger partial charge in [-0.15, -0.1) is 0 Å². The maximum absolute atomic E-state index is 12.0. The van der Waals surface area contributed by atoms with Crippen molar-refractivity contribution >= 4 is 26.0 Å². The SMILES string of the molecule is CC(C)CC(Br)Cc1ccc(S(=O)(=O)NC(C)C)cc1. The summed E-state index contributed by atoms with van der Waals surface area (Å²) >= 11 is 3.68. The van der Waals surface area contributed by atoms with Crippen LogP contribution in [0.3, 0.4) is 0 Å². The Hall–Kier alpha value is -0.390. The molecule has 0 saturated heterocycles. The highest BCUT2D eigenvalue weighted by Gasteiger charge is 2.15. The normalized spacial score (nSPS) is 13.9. The van der Waals surface area contributed by atoms with Crippen molar-refractivity contribution < 1.29 is 8.42 Å². The minimum Gasteiger partial charge on any atom is -0.209 e. The molecule has 114 valence electrons. The Balaban J connectivity index is 2.74. The van der Waals surface area contributed by atoms with Crippen LogP contribution in [0.25, 0.3) is 0 Å². The molecule has 0 bridgehead atoms. The summed E-state index contributed by atoms with van der Waals surface area (Å²) < 4.78 is 26.6. The van der Waals surface area contributed by atoms with Gasteiger partial charge in [-0.1, -0.05) is 41.9 Å². The lowest BCUT2D eigenvalue weighted by Gasteiger charge is -2.13. The highest BCUT2D eigenvalue weighted by atomic mass is 79.9. The summed E-state index contributed by atoms with van der Waals surface area (Å²) in [5.74, 6) is 0.647. The first-order valence-corrected chi connectivity index (χ1v) is 9.36. The van der Waals surface area contributed by atoms with Gasteiger partial charge in [-0.05, 0) is 50.3 Å². The van der Waals surface area contributed by atoms with E-state index in [1.54, 1.807) is 12.1 Å². The molecule has 1 unspecified atom stereocenters. The van der Waals surface area contributed by atoms with Crippen LogP contribution in [0.4, 0.5) is 0 Å². The van der Waals surface area contributed by atoms with Crippen molar-refractivity contribution in [2.75, 3.05) is 0 Å². The molecule has 0 saturated carbocycles. The van der Waals surface area contributed by atoms with Gasteiger partial charge in [0.05, 0.1) is 4.90 Å². The fourth-order valence-corrected chi connectivity index (χ4v) is 4.41. The Morgan fingerprint density at radius 2 is 1.65 bits per heavy atom. The molecule has 0 radical (unpaired) electrons. The van der Waals surface area contributed by atoms with E-state index in [1.165, 1.54) is 0 Å². The Morgan fingerprint density at radius 3 is 2.10 bits per heavy atom. The van der Waals surface area contributed by atoms with Crippen molar-refractivity contribution in [3.63, 3.8) is 0 Å². The quantitative estimate of drug-likeness (QED) is 0.752. The number of rotatable bonds is 7. The number of nitrogens with one attached hydrogen (secondary N) is 1. The molecule has 0 spiro atoms. The highest BCUT2D eigenvalue weighted by molar-refractivity contribution is 9.09. The Kier molecular flexibility index (Phi) is 6.69. The summed E-state index contributed by atoms with van der Waals surface area (Å²) in [5, 5.41) is 0. The zero-order chi connectivity index (χ0) is 15.3. The van der Waals surface area contributed by atoms with Crippen LogP contribution >= 0.6 is 15.9 Å². The lowest BCUT2D eigenvalue weighted by Crippen LogP contribution is -2.30. The van der Waals surface area contributed by atoms with Crippen molar-refractivity contribution in [3.05, 3.63) is 29.8 Å². The lowest BCUT2D eigenvalue weighted by atomic mass is 10.0. The zero-order valence-corrected chi connectivity index (χ0v) is 15.0. The van der Waals surface area contributed by atoms with Gasteiger partial charge in [0, 0.05) is 10.9 Å². The molecule has 1 aromatic carbocycles. The molecule has 0 aliphatic heterocycles. The molecule has 1 N–H and O–H groups in total. The summed E-state index contributed by atoms with van der Waals surface area (Å²) in [5.41, 5.74) is 1.15. The average molecular weight is 362 g/mol. The highest BCUT2D eigenvalue weighted by Crippen LogP contribution is 2.19. The van der Waals surface area contributed by atoms with E-state index >= 15 is 0 Å². The number of halogens is 1. The Morgan fingerprint density at radius 1 is 1.10 bits per heavy atom. The van der Waals surface area contributed by atoms with Crippen LogP contribution in [-0.4, -0.2) is 19.3 Å². The van der Waals surface area contributed by atoms with Crippen molar-refractivity contribution in [1.29, 1.82) is 0 Å². The summed E-state index contributed by atoms with van der Waals surface area (Å²) in [4.78, 5) is 0.753. The zero-order valence-electron chi connectivity index (χ0n) is 12.6. The van der Waals surface area contributed by atoms with Crippen molar-refractivity contribution in [1.82, 2.24) is 4.72 Å². The van der Waals surface area contributed by atoms with Crippen LogP contribution in [0, 0.1) is 5.92 Å². The number of hydrogen-bond acceptors (Lipinski definition) is 2. The molecule has 0 aliphatic rings. The first-order chi connectivity index (χ1) is 9.20. The van der Waals surface area contributed by atoms with Crippen LogP contribution in [-0.2, 0) is 16.4 Å². The minimum absolute atomic E-state index is 0.0994. The van der Waals surface area contributed by atoms with Crippen LogP contribution in [0.15, 0.2) is 29.2 Å². The third kappa shape index (κ3) is 5.94. The molecular weight excluding hydrogens is 338 g/mol. The largest absolute Gasteiger partial charge is 0.240 e. The molecule has 0 fully saturated rings. The van der Waals surface area contributed by atoms with E-state index in [-0.39, 0.29) is 6.04 Å². The van der Waals surface area contributed by atoms with Crippen LogP contribution in [0.5, 0.6) is 0 Å². The molecule has 5 heteroatoms. The van der Waals surface area contributed by atoms with Crippen molar-refractivity contribution in [2.45, 2.75) is 56.3 Å². The first kappa shape index (κ1) is 17.7. The third-order valence-electron chi connectivity index (χ3n) is 2.81. The van der Waals surface area contributed by atoms with Crippen LogP contribution in [0.2, 0.25) is 0 Å². The molecule has 20 heavy (non-hydrogen) atoms. The molecular formula is C15H24BrNO2S. The second-order valence-corrected chi connectivity index (χ2v) is 8.86. The summed E-state index contributed by atoms with van der Waals surface area (Å²) in [6.45, 7) is 8.02. The van der Waals surface area contributed by atoms with Gasteiger partial charge >= 0.3 is 0 Å². The van der Waals surface area contributed by atoms with Crippen molar-refractivity contribution in [3.8, 4) is 0 Å². The molecule has 1 rings (SSSR count). The number of benzene rings is 1. The average Bonchev–Trinajstić information content (AvgIpc) is 2.26. The van der Waals surface area contributed by atoms with Crippen LogP contribution < -0.4 is 4.72 Å². The van der Waals surface area contributed by atoms with E-state index in [0.29, 0.717) is 15.6 Å². The molecule has 1 atom stereocenters. The maximum atomic E-state index is 12.0. The van der Waals surface area contributed by atoms with E-state index < -0.39 is 10.0 Å². The lowest BCUT2D eigenvalue weighted by molar-refractivity contribution is 0.569. The Bertz CT molecular complexity index is 509. The van der Waals surface area contributed by atoms with Gasteiger partial charge in [-0.3, -0.25) is 0 Å². The standard InChI is InChI=1S/C15H24BrNO2S/c1-11(2)9-14(16)10-13-5-7-15(8-6-13)20(18,19)17-12(3)4/h5-8,11-12,14,17H,9-10H2,1-4H3. The summed E-state index contributed by atoms with van der Waals surface area (Å²) in [6.07, 6.45) is 2.02. The third-order valence-corrected chi connectivity index (χ3v) is 5.18. The first-order valence-electron chi connectivity index (χ1n) is 6.96. The van der Waals surface area contributed by atoms with E-state index in [0.717, 1.165) is 18.4 Å². The van der Waals surface area contributed by atoms with Gasteiger partial charge in [0.25, 0.3) is 0 Å². The number of hydrogen-bond donors (Lipinski definition) is 1. The molecule has 0 heterocycles. The van der Waals surface area contributed by atoms with Gasteiger partial charge in [-0.25, -0.2) is 13.1 Å². The second-order valence-electron chi connectivity index (χ2n) is 5.85. The van der Waals surface area contributed by atoms with E-state index in [1.807, 2.05) is 26.0 Å². The number of alkyl halides is 1. The number of sulfonamides is 1. The molecule has 1 aromatic rings. The van der Waals surface area contributed by atoms with Gasteiger partial charge in [0.1, 0.15) is 0 Å². The predicted molar refractivity (Wildman–Crippen MR) is 87.8 cm³/mol. The fourth-order valence-electron chi connectivity index (χ4n) is 2.03. The van der Waals surface area contributed by atoms with Gasteiger partial charge in [-0.2, -0.15) is 0 Å². The summed E-state index contributed by atoms with van der Waals surface area (Å²) in [7, 11) is -3.39. The van der Waals surface area contributed by atoms with E-state index in [2.05, 4.69) is 34.5 Å². The fraction of sp³-hybridized carbons (Fsp3) is 0.600. The predicted octanol–water partition coefficient (Wildman–Crippen LogP) is 3.73. The van der Waals surface area contributed by atoms with Gasteiger partial charge < -0.3 is 0 Å². The van der Waals surface area contributed by atoms with Crippen molar-refractivity contribution in [2.24, 2.45) is 5.92 Å². The minimum atomic E-state index is -3.39. The molecule has 3 nitrogen and oxygen atoms in total. The van der Waals surface area contributed by atoms with E-state index in [9.17, 15) is 8.42 Å². The molecule has 0 amide bonds. The molecule has 0 aliphatic carbocycles. The monoisotopic (exact) mass is 361 g/mol. The topological polar surface area (TPSA) is 46.2 Å². The summed E-state index contributed by atoms with van der Waals surface area (Å²) in [6, 6.07) is 7.04. The smallest absolute Gasteiger partial charge is 0.209 e. The van der Waals surface area contributed by atoms with Gasteiger partial charge in [0.2, 0.25) is 10.0 Å². The maximum Gasteiger partial charge on any atom is 0.240 e. The van der Waals surface area contributed by atoms with E-state index in [4.69, 9.17) is 0 Å². The second kappa shape index (κ2) is 7.57. The Labute approximate surface area is 131 Å². The molecule has 0 aromatic heterocycles. The van der Waals surface area contributed by atoms with Gasteiger partial charge in [0.15, 0.2) is 0 Å².